The second-order valence-electron chi connectivity index (χ2n) is 2.53. The molecule has 13 heavy (non-hydrogen) atoms. The van der Waals surface area contributed by atoms with Gasteiger partial charge >= 0.3 is 0 Å². The molecule has 2 aliphatic rings. The summed E-state index contributed by atoms with van der Waals surface area (Å²) in [4.78, 5) is 4.20. The van der Waals surface area contributed by atoms with Gasteiger partial charge in [0.1, 0.15) is 0 Å². The number of aliphatic imine (C=N–C) groups is 1. The van der Waals surface area contributed by atoms with Crippen LogP contribution in [0.3, 0.4) is 0 Å². The molecule has 2 nitrogen and oxygen atoms in total. The zero-order chi connectivity index (χ0) is 9.52. The van der Waals surface area contributed by atoms with Gasteiger partial charge in [-0.25, -0.2) is 0 Å². The predicted molar refractivity (Wildman–Crippen MR) is 55.0 cm³/mol. The van der Waals surface area contributed by atoms with Gasteiger partial charge in [-0.05, 0) is 24.1 Å². The topological polar surface area (TPSA) is 21.6 Å². The highest BCUT2D eigenvalue weighted by atomic mass is 16.5. The van der Waals surface area contributed by atoms with Gasteiger partial charge in [-0.15, -0.1) is 5.73 Å². The third kappa shape index (κ3) is 2.69. The van der Waals surface area contributed by atoms with Crippen LogP contribution in [0.25, 0.3) is 0 Å². The summed E-state index contributed by atoms with van der Waals surface area (Å²) >= 11 is 0. The number of allylic oxidation sites excluding steroid dienone is 2. The molecule has 70 valence electrons. The minimum absolute atomic E-state index is 0.651. The first-order valence-electron chi connectivity index (χ1n) is 4.72. The lowest BCUT2D eigenvalue weighted by Gasteiger charge is -2.15. The Hall–Kier alpha value is -1.11. The molecule has 0 atom stereocenters. The first-order valence-corrected chi connectivity index (χ1v) is 4.72. The fourth-order valence-electron chi connectivity index (χ4n) is 1.19. The van der Waals surface area contributed by atoms with Gasteiger partial charge in [-0.2, -0.15) is 0 Å². The van der Waals surface area contributed by atoms with Crippen LogP contribution in [0.2, 0.25) is 0 Å². The zero-order valence-corrected chi connectivity index (χ0v) is 8.21. The van der Waals surface area contributed by atoms with Crippen molar-refractivity contribution in [2.75, 3.05) is 13.2 Å². The number of ether oxygens (including phenoxy) is 1. The van der Waals surface area contributed by atoms with Crippen molar-refractivity contribution >= 4 is 5.71 Å². The molecule has 0 unspecified atom stereocenters. The van der Waals surface area contributed by atoms with Gasteiger partial charge in [0.15, 0.2) is 0 Å². The van der Waals surface area contributed by atoms with E-state index in [1.54, 1.807) is 6.20 Å². The second kappa shape index (κ2) is 5.52. The molecule has 0 aromatic carbocycles. The summed E-state index contributed by atoms with van der Waals surface area (Å²) in [6.45, 7) is 5.47. The van der Waals surface area contributed by atoms with E-state index >= 15 is 0 Å². The zero-order valence-electron chi connectivity index (χ0n) is 8.21. The molecule has 1 saturated heterocycles. The smallest absolute Gasteiger partial charge is 0.0891 e. The van der Waals surface area contributed by atoms with Crippen molar-refractivity contribution < 1.29 is 4.74 Å². The highest BCUT2D eigenvalue weighted by Gasteiger charge is 2.12. The van der Waals surface area contributed by atoms with Crippen LogP contribution in [0.5, 0.6) is 0 Å². The van der Waals surface area contributed by atoms with Gasteiger partial charge in [0.25, 0.3) is 0 Å². The van der Waals surface area contributed by atoms with Crippen LogP contribution in [-0.2, 0) is 4.74 Å². The fourth-order valence-corrected chi connectivity index (χ4v) is 1.19. The van der Waals surface area contributed by atoms with E-state index in [-0.39, 0.29) is 0 Å². The summed E-state index contributed by atoms with van der Waals surface area (Å²) in [6.07, 6.45) is 6.63. The first-order chi connectivity index (χ1) is 6.47. The highest BCUT2D eigenvalue weighted by Crippen LogP contribution is 2.12. The summed E-state index contributed by atoms with van der Waals surface area (Å²) < 4.78 is 5.26. The minimum atomic E-state index is 0.651. The van der Waals surface area contributed by atoms with Crippen LogP contribution in [0, 0.1) is 0 Å². The van der Waals surface area contributed by atoms with Gasteiger partial charge in [0.2, 0.25) is 0 Å². The maximum absolute atomic E-state index is 5.26. The van der Waals surface area contributed by atoms with Crippen LogP contribution in [0.1, 0.15) is 20.3 Å². The van der Waals surface area contributed by atoms with E-state index in [2.05, 4.69) is 16.8 Å². The summed E-state index contributed by atoms with van der Waals surface area (Å²) in [5.74, 6) is 0. The van der Waals surface area contributed by atoms with E-state index in [1.165, 1.54) is 5.57 Å². The Morgan fingerprint density at radius 3 is 3.15 bits per heavy atom. The normalized spacial score (nSPS) is 18.9. The van der Waals surface area contributed by atoms with Crippen LogP contribution < -0.4 is 0 Å². The van der Waals surface area contributed by atoms with E-state index < -0.39 is 0 Å². The molecule has 2 rings (SSSR count). The molecule has 0 N–H and O–H groups in total. The molecule has 0 aromatic heterocycles. The van der Waals surface area contributed by atoms with Crippen molar-refractivity contribution in [3.05, 3.63) is 29.7 Å². The number of rotatable bonds is 0. The molecule has 2 aliphatic heterocycles. The Kier molecular flexibility index (Phi) is 4.24. The molecule has 0 aliphatic carbocycles. The van der Waals surface area contributed by atoms with E-state index in [0.717, 1.165) is 18.7 Å². The Morgan fingerprint density at radius 1 is 1.46 bits per heavy atom. The monoisotopic (exact) mass is 177 g/mol. The second-order valence-corrected chi connectivity index (χ2v) is 2.53. The average molecular weight is 177 g/mol. The van der Waals surface area contributed by atoms with Gasteiger partial charge in [-0.1, -0.05) is 13.8 Å². The highest BCUT2D eigenvalue weighted by molar-refractivity contribution is 6.02. The molecule has 0 bridgehead atoms. The van der Waals surface area contributed by atoms with Crippen LogP contribution in [-0.4, -0.2) is 18.9 Å². The SMILES string of the molecule is C1=CC=C2CCOCC2=NC=1.CC. The van der Waals surface area contributed by atoms with Gasteiger partial charge in [0.05, 0.1) is 25.1 Å². The Balaban J connectivity index is 0.000000396. The minimum Gasteiger partial charge on any atom is -0.375 e. The van der Waals surface area contributed by atoms with E-state index in [4.69, 9.17) is 4.74 Å². The Labute approximate surface area is 79.3 Å². The predicted octanol–water partition coefficient (Wildman–Crippen LogP) is 2.48. The lowest BCUT2D eigenvalue weighted by molar-refractivity contribution is 0.166. The average Bonchev–Trinajstić information content (AvgIpc) is 2.45. The number of nitrogens with zero attached hydrogens (tertiary/aromatic N) is 1. The molecule has 2 heterocycles. The maximum Gasteiger partial charge on any atom is 0.0891 e. The lowest BCUT2D eigenvalue weighted by Crippen LogP contribution is -2.19. The van der Waals surface area contributed by atoms with Gasteiger partial charge in [-0.3, -0.25) is 4.99 Å². The molecular weight excluding hydrogens is 162 g/mol. The molecule has 0 saturated carbocycles. The third-order valence-corrected chi connectivity index (χ3v) is 1.80. The van der Waals surface area contributed by atoms with Crippen molar-refractivity contribution in [3.63, 3.8) is 0 Å². The summed E-state index contributed by atoms with van der Waals surface area (Å²) in [5.41, 5.74) is 5.28. The molecular formula is C11H15NO. The summed E-state index contributed by atoms with van der Waals surface area (Å²) in [6, 6.07) is 0. The van der Waals surface area contributed by atoms with Crippen LogP contribution in [0.15, 0.2) is 34.6 Å². The summed E-state index contributed by atoms with van der Waals surface area (Å²) in [5, 5.41) is 0. The van der Waals surface area contributed by atoms with Gasteiger partial charge in [0, 0.05) is 0 Å². The molecule has 0 spiro atoms. The van der Waals surface area contributed by atoms with E-state index in [0.29, 0.717) is 6.61 Å². The standard InChI is InChI=1S/C9H9NO.C2H6/c1-2-5-10-9-7-11-6-4-8(9)3-1;1-2/h1,3,5H,4,6-7H2;1-2H3. The Morgan fingerprint density at radius 2 is 2.31 bits per heavy atom. The van der Waals surface area contributed by atoms with Crippen molar-refractivity contribution in [2.45, 2.75) is 20.3 Å². The molecule has 2 heteroatoms. The first kappa shape index (κ1) is 9.97. The molecule has 1 fully saturated rings. The van der Waals surface area contributed by atoms with Crippen molar-refractivity contribution in [1.29, 1.82) is 0 Å². The number of fused-ring (bicyclic) bond motifs is 1. The third-order valence-electron chi connectivity index (χ3n) is 1.80. The van der Waals surface area contributed by atoms with E-state index in [9.17, 15) is 0 Å². The summed E-state index contributed by atoms with van der Waals surface area (Å²) in [7, 11) is 0. The fraction of sp³-hybridized carbons (Fsp3) is 0.455. The maximum atomic E-state index is 5.26. The van der Waals surface area contributed by atoms with Crippen molar-refractivity contribution in [1.82, 2.24) is 0 Å². The molecule has 0 amide bonds. The van der Waals surface area contributed by atoms with Crippen LogP contribution >= 0.6 is 0 Å². The molecule has 0 aromatic rings. The molecule has 0 radical (unpaired) electrons. The largest absolute Gasteiger partial charge is 0.375 e. The van der Waals surface area contributed by atoms with Gasteiger partial charge < -0.3 is 4.74 Å². The van der Waals surface area contributed by atoms with Crippen LogP contribution in [0.4, 0.5) is 0 Å². The van der Waals surface area contributed by atoms with Crippen molar-refractivity contribution in [3.8, 4) is 0 Å². The number of hydrogen-bond acceptors (Lipinski definition) is 2. The number of hydrogen-bond donors (Lipinski definition) is 0. The quantitative estimate of drug-likeness (QED) is 0.521. The van der Waals surface area contributed by atoms with Crippen molar-refractivity contribution in [2.24, 2.45) is 4.99 Å². The Bertz CT molecular complexity index is 254. The lowest BCUT2D eigenvalue weighted by atomic mass is 10.1. The van der Waals surface area contributed by atoms with E-state index in [1.807, 2.05) is 19.9 Å².